The largest absolute Gasteiger partial charge is 0.490 e. The zero-order valence-corrected chi connectivity index (χ0v) is 16.8. The molecule has 2 aliphatic heterocycles. The molecule has 1 N–H and O–H groups in total. The van der Waals surface area contributed by atoms with Crippen molar-refractivity contribution in [2.24, 2.45) is 11.3 Å². The lowest BCUT2D eigenvalue weighted by Gasteiger charge is -2.38. The number of carbonyl (C=O) groups is 2. The first-order valence-corrected chi connectivity index (χ1v) is 9.75. The lowest BCUT2D eigenvalue weighted by Crippen LogP contribution is -2.44. The maximum absolute atomic E-state index is 12.8. The van der Waals surface area contributed by atoms with Crippen LogP contribution >= 0.6 is 0 Å². The first kappa shape index (κ1) is 23.1. The molecule has 0 saturated carbocycles. The maximum Gasteiger partial charge on any atom is 0.490 e. The van der Waals surface area contributed by atoms with E-state index in [2.05, 4.69) is 34.7 Å². The summed E-state index contributed by atoms with van der Waals surface area (Å²) in [6.07, 6.45) is -0.165. The van der Waals surface area contributed by atoms with Gasteiger partial charge in [-0.15, -0.1) is 0 Å². The van der Waals surface area contributed by atoms with Crippen LogP contribution in [0.25, 0.3) is 0 Å². The van der Waals surface area contributed by atoms with Crippen molar-refractivity contribution in [2.45, 2.75) is 45.8 Å². The second-order valence-electron chi connectivity index (χ2n) is 8.08. The number of alkyl halides is 3. The molecule has 0 aromatic carbocycles. The third-order valence-electron chi connectivity index (χ3n) is 5.35. The number of hydrogen-bond acceptors (Lipinski definition) is 4. The van der Waals surface area contributed by atoms with Gasteiger partial charge in [0.2, 0.25) is 5.91 Å². The molecule has 1 spiro atoms. The van der Waals surface area contributed by atoms with E-state index < -0.39 is 12.1 Å². The van der Waals surface area contributed by atoms with Gasteiger partial charge in [0.15, 0.2) is 0 Å². The Morgan fingerprint density at radius 1 is 1.21 bits per heavy atom. The first-order chi connectivity index (χ1) is 13.5. The van der Waals surface area contributed by atoms with E-state index in [0.29, 0.717) is 11.8 Å². The molecule has 2 fully saturated rings. The molecule has 0 bridgehead atoms. The summed E-state index contributed by atoms with van der Waals surface area (Å²) in [5.74, 6) is -1.78. The van der Waals surface area contributed by atoms with Crippen molar-refractivity contribution >= 4 is 11.9 Å². The molecule has 162 valence electrons. The number of carboxylic acid groups (broad SMARTS) is 1. The average Bonchev–Trinajstić information content (AvgIpc) is 2.94. The minimum atomic E-state index is -5.08. The van der Waals surface area contributed by atoms with Crippen molar-refractivity contribution in [2.75, 3.05) is 26.2 Å². The molecule has 2 saturated heterocycles. The maximum atomic E-state index is 12.8. The monoisotopic (exact) mass is 415 g/mol. The molecule has 1 aromatic heterocycles. The number of aromatic nitrogens is 1. The molecular weight excluding hydrogens is 387 g/mol. The number of carboxylic acids is 1. The number of pyridine rings is 1. The summed E-state index contributed by atoms with van der Waals surface area (Å²) in [5, 5.41) is 7.12. The fourth-order valence-corrected chi connectivity index (χ4v) is 3.83. The second-order valence-corrected chi connectivity index (χ2v) is 8.08. The molecular formula is C20H28F3N3O3. The Morgan fingerprint density at radius 3 is 2.28 bits per heavy atom. The molecule has 1 aromatic rings. The van der Waals surface area contributed by atoms with E-state index in [0.717, 1.165) is 57.7 Å². The number of nitrogens with zero attached hydrogens (tertiary/aromatic N) is 3. The van der Waals surface area contributed by atoms with Gasteiger partial charge < -0.3 is 10.0 Å². The van der Waals surface area contributed by atoms with Crippen LogP contribution in [-0.2, 0) is 16.1 Å². The van der Waals surface area contributed by atoms with Crippen molar-refractivity contribution in [3.63, 3.8) is 0 Å². The van der Waals surface area contributed by atoms with Crippen molar-refractivity contribution in [1.29, 1.82) is 0 Å². The third-order valence-corrected chi connectivity index (χ3v) is 5.35. The number of hydrogen-bond donors (Lipinski definition) is 1. The van der Waals surface area contributed by atoms with E-state index in [1.54, 1.807) is 0 Å². The van der Waals surface area contributed by atoms with E-state index in [-0.39, 0.29) is 5.41 Å². The lowest BCUT2D eigenvalue weighted by atomic mass is 9.77. The van der Waals surface area contributed by atoms with Crippen molar-refractivity contribution < 1.29 is 27.9 Å². The molecule has 0 aliphatic carbocycles. The van der Waals surface area contributed by atoms with Crippen LogP contribution in [-0.4, -0.2) is 64.1 Å². The summed E-state index contributed by atoms with van der Waals surface area (Å²) in [5.41, 5.74) is 1.06. The first-order valence-electron chi connectivity index (χ1n) is 9.75. The quantitative estimate of drug-likeness (QED) is 0.818. The van der Waals surface area contributed by atoms with Gasteiger partial charge in [-0.2, -0.15) is 13.2 Å². The molecule has 0 unspecified atom stereocenters. The number of piperidine rings is 1. The van der Waals surface area contributed by atoms with Gasteiger partial charge in [-0.3, -0.25) is 14.7 Å². The van der Waals surface area contributed by atoms with Gasteiger partial charge in [0.25, 0.3) is 0 Å². The highest BCUT2D eigenvalue weighted by Gasteiger charge is 2.47. The summed E-state index contributed by atoms with van der Waals surface area (Å²) in [6.45, 7) is 9.17. The van der Waals surface area contributed by atoms with E-state index in [1.807, 2.05) is 18.3 Å². The average molecular weight is 415 g/mol. The van der Waals surface area contributed by atoms with Gasteiger partial charge in [-0.1, -0.05) is 19.9 Å². The number of aliphatic carboxylic acids is 1. The van der Waals surface area contributed by atoms with Crippen LogP contribution in [0.2, 0.25) is 0 Å². The minimum absolute atomic E-state index is 0.0600. The van der Waals surface area contributed by atoms with Gasteiger partial charge in [-0.25, -0.2) is 4.79 Å². The Hall–Kier alpha value is -2.16. The normalized spacial score (nSPS) is 19.4. The molecule has 0 atom stereocenters. The molecule has 3 heterocycles. The zero-order chi connectivity index (χ0) is 21.7. The lowest BCUT2D eigenvalue weighted by molar-refractivity contribution is -0.192. The fourth-order valence-electron chi connectivity index (χ4n) is 3.83. The van der Waals surface area contributed by atoms with Crippen molar-refractivity contribution in [3.05, 3.63) is 30.1 Å². The second kappa shape index (κ2) is 9.56. The van der Waals surface area contributed by atoms with E-state index in [4.69, 9.17) is 9.90 Å². The molecule has 6 nitrogen and oxygen atoms in total. The molecule has 29 heavy (non-hydrogen) atoms. The highest BCUT2D eigenvalue weighted by molar-refractivity contribution is 5.85. The molecule has 0 radical (unpaired) electrons. The van der Waals surface area contributed by atoms with E-state index in [9.17, 15) is 18.0 Å². The van der Waals surface area contributed by atoms with Gasteiger partial charge in [0, 0.05) is 25.8 Å². The number of rotatable bonds is 4. The standard InChI is InChI=1S/C18H27N3O.C2HF3O2/c1-15(2)13-21-12-8-18(17(21)22)6-10-20(11-7-18)14-16-5-3-4-9-19-16;3-2(4,5)1(6)7/h3-5,9,15H,6-8,10-14H2,1-2H3;(H,6,7). The fraction of sp³-hybridized carbons (Fsp3) is 0.650. The van der Waals surface area contributed by atoms with Crippen LogP contribution in [0.5, 0.6) is 0 Å². The van der Waals surface area contributed by atoms with E-state index in [1.165, 1.54) is 0 Å². The molecule has 3 rings (SSSR count). The number of halogens is 3. The highest BCUT2D eigenvalue weighted by atomic mass is 19.4. The van der Waals surface area contributed by atoms with Crippen LogP contribution in [0.1, 0.15) is 38.8 Å². The summed E-state index contributed by atoms with van der Waals surface area (Å²) in [4.78, 5) is 30.6. The Morgan fingerprint density at radius 2 is 1.79 bits per heavy atom. The smallest absolute Gasteiger partial charge is 0.475 e. The van der Waals surface area contributed by atoms with Crippen molar-refractivity contribution in [1.82, 2.24) is 14.8 Å². The third kappa shape index (κ3) is 6.42. The summed E-state index contributed by atoms with van der Waals surface area (Å²) in [7, 11) is 0. The van der Waals surface area contributed by atoms with Crippen molar-refractivity contribution in [3.8, 4) is 0 Å². The van der Waals surface area contributed by atoms with Gasteiger partial charge in [-0.05, 0) is 50.4 Å². The van der Waals surface area contributed by atoms with Gasteiger partial charge in [0.1, 0.15) is 0 Å². The Balaban J connectivity index is 0.000000370. The van der Waals surface area contributed by atoms with Crippen LogP contribution in [0.15, 0.2) is 24.4 Å². The Kier molecular flexibility index (Phi) is 7.62. The number of carbonyl (C=O) groups excluding carboxylic acids is 1. The van der Waals surface area contributed by atoms with Gasteiger partial charge >= 0.3 is 12.1 Å². The number of amides is 1. The van der Waals surface area contributed by atoms with Crippen LogP contribution < -0.4 is 0 Å². The minimum Gasteiger partial charge on any atom is -0.475 e. The predicted octanol–water partition coefficient (Wildman–Crippen LogP) is 3.19. The van der Waals surface area contributed by atoms with Crippen LogP contribution in [0, 0.1) is 11.3 Å². The summed E-state index contributed by atoms with van der Waals surface area (Å²) >= 11 is 0. The Bertz CT molecular complexity index is 687. The van der Waals surface area contributed by atoms with Crippen LogP contribution in [0.3, 0.4) is 0 Å². The molecule has 1 amide bonds. The van der Waals surface area contributed by atoms with E-state index >= 15 is 0 Å². The predicted molar refractivity (Wildman–Crippen MR) is 101 cm³/mol. The SMILES string of the molecule is CC(C)CN1CCC2(CCN(Cc3ccccn3)CC2)C1=O.O=C(O)C(F)(F)F. The summed E-state index contributed by atoms with van der Waals surface area (Å²) < 4.78 is 31.7. The number of likely N-dealkylation sites (tertiary alicyclic amines) is 2. The summed E-state index contributed by atoms with van der Waals surface area (Å²) in [6, 6.07) is 6.07. The molecule has 9 heteroatoms. The molecule has 2 aliphatic rings. The van der Waals surface area contributed by atoms with Crippen LogP contribution in [0.4, 0.5) is 13.2 Å². The Labute approximate surface area is 168 Å². The topological polar surface area (TPSA) is 73.7 Å². The van der Waals surface area contributed by atoms with Gasteiger partial charge in [0.05, 0.1) is 11.1 Å². The zero-order valence-electron chi connectivity index (χ0n) is 16.8. The highest BCUT2D eigenvalue weighted by Crippen LogP contribution is 2.41.